The number of aryl methyl sites for hydroxylation is 1. The van der Waals surface area contributed by atoms with Gasteiger partial charge in [-0.05, 0) is 43.2 Å². The molecular weight excluding hydrogens is 486 g/mol. The first-order valence-corrected chi connectivity index (χ1v) is 12.9. The number of nitrogens with zero attached hydrogens (tertiary/aromatic N) is 5. The van der Waals surface area contributed by atoms with Gasteiger partial charge in [-0.2, -0.15) is 15.0 Å². The molecule has 1 aliphatic rings. The van der Waals surface area contributed by atoms with Gasteiger partial charge in [-0.15, -0.1) is 0 Å². The van der Waals surface area contributed by atoms with Crippen LogP contribution in [-0.2, 0) is 6.42 Å². The highest BCUT2D eigenvalue weighted by molar-refractivity contribution is 7.17. The number of carbonyl (C=O) groups excluding carboxylic acids is 1. The van der Waals surface area contributed by atoms with Gasteiger partial charge in [0.25, 0.3) is 5.91 Å². The van der Waals surface area contributed by atoms with Gasteiger partial charge in [-0.1, -0.05) is 48.9 Å². The Hall–Kier alpha value is -2.82. The fourth-order valence-electron chi connectivity index (χ4n) is 3.87. The van der Waals surface area contributed by atoms with E-state index in [2.05, 4.69) is 44.3 Å². The number of nitrogens with one attached hydrogen (secondary N) is 2. The maximum absolute atomic E-state index is 12.8. The molecule has 4 rings (SSSR count). The monoisotopic (exact) mass is 515 g/mol. The lowest BCUT2D eigenvalue weighted by atomic mass is 9.98. The SMILES string of the molecule is Cc1cccc(Cl)c1NC(=O)c1cnc(Nc2nc(CC(C)C)nc(N3CCC(CO)CC3)n2)s1. The molecule has 9 nitrogen and oxygen atoms in total. The lowest BCUT2D eigenvalue weighted by Crippen LogP contribution is -2.36. The van der Waals surface area contributed by atoms with Crippen molar-refractivity contribution in [1.82, 2.24) is 19.9 Å². The molecule has 0 radical (unpaired) electrons. The van der Waals surface area contributed by atoms with Gasteiger partial charge in [0, 0.05) is 26.1 Å². The average molecular weight is 516 g/mol. The van der Waals surface area contributed by atoms with Crippen molar-refractivity contribution in [2.45, 2.75) is 40.0 Å². The van der Waals surface area contributed by atoms with Gasteiger partial charge >= 0.3 is 0 Å². The Labute approximate surface area is 214 Å². The number of hydrogen-bond acceptors (Lipinski definition) is 9. The summed E-state index contributed by atoms with van der Waals surface area (Å²) in [7, 11) is 0. The summed E-state index contributed by atoms with van der Waals surface area (Å²) in [5.74, 6) is 2.17. The fraction of sp³-hybridized carbons (Fsp3) is 0.458. The third-order valence-electron chi connectivity index (χ3n) is 5.83. The van der Waals surface area contributed by atoms with Crippen LogP contribution in [-0.4, -0.2) is 50.6 Å². The van der Waals surface area contributed by atoms with Crippen molar-refractivity contribution in [3.63, 3.8) is 0 Å². The summed E-state index contributed by atoms with van der Waals surface area (Å²) in [5.41, 5.74) is 1.47. The second-order valence-electron chi connectivity index (χ2n) is 9.13. The van der Waals surface area contributed by atoms with Gasteiger partial charge in [0.15, 0.2) is 5.13 Å². The Morgan fingerprint density at radius 3 is 2.71 bits per heavy atom. The topological polar surface area (TPSA) is 116 Å². The average Bonchev–Trinajstić information content (AvgIpc) is 3.29. The van der Waals surface area contributed by atoms with Crippen LogP contribution in [0.1, 0.15) is 47.7 Å². The van der Waals surface area contributed by atoms with Crippen LogP contribution in [0.25, 0.3) is 0 Å². The van der Waals surface area contributed by atoms with Gasteiger partial charge in [-0.3, -0.25) is 10.1 Å². The standard InChI is InChI=1S/C24H30ClN7O2S/c1-14(2)11-19-27-22(30-23(28-19)32-9-7-16(13-33)8-10-32)31-24-26-12-18(35-24)21(34)29-20-15(3)5-4-6-17(20)25/h4-6,12,14,16,33H,7-11,13H2,1-3H3,(H,29,34)(H,26,27,28,30,31). The number of aromatic nitrogens is 4. The lowest BCUT2D eigenvalue weighted by Gasteiger charge is -2.31. The van der Waals surface area contributed by atoms with Crippen LogP contribution in [0.2, 0.25) is 5.02 Å². The van der Waals surface area contributed by atoms with E-state index in [1.54, 1.807) is 6.07 Å². The van der Waals surface area contributed by atoms with Crippen molar-refractivity contribution in [2.24, 2.45) is 11.8 Å². The molecule has 0 spiro atoms. The number of anilines is 4. The van der Waals surface area contributed by atoms with Gasteiger partial charge in [0.2, 0.25) is 11.9 Å². The predicted molar refractivity (Wildman–Crippen MR) is 140 cm³/mol. The maximum atomic E-state index is 12.8. The van der Waals surface area contributed by atoms with Gasteiger partial charge in [0.05, 0.1) is 16.9 Å². The van der Waals surface area contributed by atoms with Gasteiger partial charge in [-0.25, -0.2) is 4.98 Å². The van der Waals surface area contributed by atoms with Crippen LogP contribution < -0.4 is 15.5 Å². The second-order valence-corrected chi connectivity index (χ2v) is 10.6. The number of hydrogen-bond donors (Lipinski definition) is 3. The van der Waals surface area contributed by atoms with Crippen molar-refractivity contribution in [2.75, 3.05) is 35.2 Å². The highest BCUT2D eigenvalue weighted by Gasteiger charge is 2.22. The van der Waals surface area contributed by atoms with Crippen LogP contribution in [0.15, 0.2) is 24.4 Å². The van der Waals surface area contributed by atoms with Gasteiger partial charge in [0.1, 0.15) is 10.7 Å². The number of carbonyl (C=O) groups is 1. The van der Waals surface area contributed by atoms with E-state index in [0.29, 0.717) is 50.3 Å². The molecule has 186 valence electrons. The number of thiazole rings is 1. The molecule has 0 unspecified atom stereocenters. The molecule has 0 atom stereocenters. The quantitative estimate of drug-likeness (QED) is 0.395. The molecule has 3 N–H and O–H groups in total. The van der Waals surface area contributed by atoms with Crippen molar-refractivity contribution in [3.05, 3.63) is 45.7 Å². The molecule has 3 heterocycles. The summed E-state index contributed by atoms with van der Waals surface area (Å²) in [6.45, 7) is 7.93. The molecule has 1 aromatic carbocycles. The molecule has 0 bridgehead atoms. The summed E-state index contributed by atoms with van der Waals surface area (Å²) in [5, 5.41) is 16.5. The van der Waals surface area contributed by atoms with E-state index >= 15 is 0 Å². The molecule has 3 aromatic rings. The molecular formula is C24H30ClN7O2S. The summed E-state index contributed by atoms with van der Waals surface area (Å²) >= 11 is 7.45. The smallest absolute Gasteiger partial charge is 0.267 e. The van der Waals surface area contributed by atoms with Crippen LogP contribution in [0.3, 0.4) is 0 Å². The Balaban J connectivity index is 1.51. The largest absolute Gasteiger partial charge is 0.396 e. The number of aliphatic hydroxyl groups is 1. The minimum Gasteiger partial charge on any atom is -0.396 e. The van der Waals surface area contributed by atoms with E-state index < -0.39 is 0 Å². The van der Waals surface area contributed by atoms with Crippen molar-refractivity contribution in [3.8, 4) is 0 Å². The summed E-state index contributed by atoms with van der Waals surface area (Å²) in [4.78, 5) is 33.6. The number of benzene rings is 1. The van der Waals surface area contributed by atoms with Crippen molar-refractivity contribution in [1.29, 1.82) is 0 Å². The van der Waals surface area contributed by atoms with Crippen LogP contribution >= 0.6 is 22.9 Å². The molecule has 1 saturated heterocycles. The first kappa shape index (κ1) is 25.3. The minimum atomic E-state index is -0.282. The fourth-order valence-corrected chi connectivity index (χ4v) is 4.85. The maximum Gasteiger partial charge on any atom is 0.267 e. The number of piperidine rings is 1. The molecule has 1 aliphatic heterocycles. The third-order valence-corrected chi connectivity index (χ3v) is 7.05. The third kappa shape index (κ3) is 6.45. The van der Waals surface area contributed by atoms with Crippen LogP contribution in [0.4, 0.5) is 22.7 Å². The Kier molecular flexibility index (Phi) is 8.15. The van der Waals surface area contributed by atoms with Crippen LogP contribution in [0, 0.1) is 18.8 Å². The van der Waals surface area contributed by atoms with E-state index in [4.69, 9.17) is 16.6 Å². The number of halogens is 1. The van der Waals surface area contributed by atoms with E-state index in [-0.39, 0.29) is 12.5 Å². The van der Waals surface area contributed by atoms with E-state index in [1.165, 1.54) is 17.5 Å². The van der Waals surface area contributed by atoms with Gasteiger partial charge < -0.3 is 15.3 Å². The number of aliphatic hydroxyl groups excluding tert-OH is 1. The lowest BCUT2D eigenvalue weighted by molar-refractivity contribution is 0.103. The van der Waals surface area contributed by atoms with E-state index in [9.17, 15) is 9.90 Å². The highest BCUT2D eigenvalue weighted by Crippen LogP contribution is 2.28. The number of rotatable bonds is 8. The summed E-state index contributed by atoms with van der Waals surface area (Å²) < 4.78 is 0. The minimum absolute atomic E-state index is 0.215. The molecule has 0 saturated carbocycles. The zero-order valence-corrected chi connectivity index (χ0v) is 21.7. The van der Waals surface area contributed by atoms with E-state index in [1.807, 2.05) is 19.1 Å². The Morgan fingerprint density at radius 2 is 2.03 bits per heavy atom. The first-order chi connectivity index (χ1) is 16.8. The van der Waals surface area contributed by atoms with Crippen molar-refractivity contribution >= 4 is 51.6 Å². The first-order valence-electron chi connectivity index (χ1n) is 11.7. The summed E-state index contributed by atoms with van der Waals surface area (Å²) in [6, 6.07) is 5.47. The second kappa shape index (κ2) is 11.3. The Morgan fingerprint density at radius 1 is 1.26 bits per heavy atom. The number of amides is 1. The zero-order valence-electron chi connectivity index (χ0n) is 20.1. The normalized spacial score (nSPS) is 14.4. The predicted octanol–water partition coefficient (Wildman–Crippen LogP) is 4.69. The molecule has 0 aliphatic carbocycles. The Bertz CT molecular complexity index is 1160. The molecule has 11 heteroatoms. The molecule has 2 aromatic heterocycles. The number of para-hydroxylation sites is 1. The van der Waals surface area contributed by atoms with E-state index in [0.717, 1.165) is 37.9 Å². The summed E-state index contributed by atoms with van der Waals surface area (Å²) in [6.07, 6.45) is 4.05. The van der Waals surface area contributed by atoms with Crippen LogP contribution in [0.5, 0.6) is 0 Å². The highest BCUT2D eigenvalue weighted by atomic mass is 35.5. The molecule has 1 amide bonds. The molecule has 35 heavy (non-hydrogen) atoms. The zero-order chi connectivity index (χ0) is 24.9. The van der Waals surface area contributed by atoms with Crippen molar-refractivity contribution < 1.29 is 9.90 Å². The molecule has 1 fully saturated rings.